The lowest BCUT2D eigenvalue weighted by Gasteiger charge is -2.11. The number of nitrogens with zero attached hydrogens (tertiary/aromatic N) is 1. The van der Waals surface area contributed by atoms with Crippen molar-refractivity contribution in [3.8, 4) is 11.5 Å². The molecule has 0 saturated heterocycles. The number of hydrogen-bond donors (Lipinski definition) is 1. The highest BCUT2D eigenvalue weighted by molar-refractivity contribution is 9.10. The van der Waals surface area contributed by atoms with Gasteiger partial charge in [-0.15, -0.1) is 0 Å². The van der Waals surface area contributed by atoms with Gasteiger partial charge in [0.2, 0.25) is 5.75 Å². The summed E-state index contributed by atoms with van der Waals surface area (Å²) in [6.45, 7) is 0. The monoisotopic (exact) mass is 415 g/mol. The number of para-hydroxylation sites is 1. The largest absolute Gasteiger partial charge is 0.478 e. The average molecular weight is 417 g/mol. The molecular weight excluding hydrogens is 410 g/mol. The van der Waals surface area contributed by atoms with Crippen molar-refractivity contribution in [2.45, 2.75) is 0 Å². The predicted octanol–water partition coefficient (Wildman–Crippen LogP) is 4.61. The number of nitro benzene ring substituents is 1. The van der Waals surface area contributed by atoms with E-state index < -0.39 is 10.9 Å². The maximum Gasteiger partial charge on any atom is 0.340 e. The lowest BCUT2D eigenvalue weighted by molar-refractivity contribution is -0.385. The van der Waals surface area contributed by atoms with E-state index in [-0.39, 0.29) is 22.7 Å². The van der Waals surface area contributed by atoms with Crippen LogP contribution in [-0.2, 0) is 0 Å². The molecule has 2 aromatic carbocycles. The van der Waals surface area contributed by atoms with Crippen LogP contribution in [0.5, 0.6) is 11.5 Å². The maximum atomic E-state index is 11.3. The standard InChI is InChI=1S/C13H7Br2NO5/c14-7-3-2-6-10(11(7)13(17)18)21-12-8(15)4-1-5-9(12)16(19)20/h1-6H,(H,17,18). The Hall–Kier alpha value is -1.93. The van der Waals surface area contributed by atoms with E-state index in [9.17, 15) is 20.0 Å². The highest BCUT2D eigenvalue weighted by atomic mass is 79.9. The molecule has 0 fully saturated rings. The number of carboxylic acids is 1. The van der Waals surface area contributed by atoms with Crippen LogP contribution >= 0.6 is 31.9 Å². The van der Waals surface area contributed by atoms with Crippen molar-refractivity contribution in [1.29, 1.82) is 0 Å². The van der Waals surface area contributed by atoms with Crippen LogP contribution in [0.25, 0.3) is 0 Å². The van der Waals surface area contributed by atoms with E-state index in [0.717, 1.165) is 0 Å². The SMILES string of the molecule is O=C(O)c1c(Br)cccc1Oc1c(Br)cccc1[N+](=O)[O-]. The van der Waals surface area contributed by atoms with E-state index in [0.29, 0.717) is 8.95 Å². The predicted molar refractivity (Wildman–Crippen MR) is 82.0 cm³/mol. The number of halogens is 2. The second-order valence-electron chi connectivity index (χ2n) is 3.87. The molecule has 0 aliphatic carbocycles. The van der Waals surface area contributed by atoms with Crippen LogP contribution in [-0.4, -0.2) is 16.0 Å². The first-order valence-corrected chi connectivity index (χ1v) is 7.13. The zero-order valence-electron chi connectivity index (χ0n) is 10.2. The Morgan fingerprint density at radius 1 is 1.14 bits per heavy atom. The molecule has 1 N–H and O–H groups in total. The van der Waals surface area contributed by atoms with Gasteiger partial charge in [-0.25, -0.2) is 4.79 Å². The van der Waals surface area contributed by atoms with E-state index in [2.05, 4.69) is 31.9 Å². The normalized spacial score (nSPS) is 10.2. The molecule has 0 unspecified atom stereocenters. The maximum absolute atomic E-state index is 11.3. The molecule has 0 heterocycles. The molecule has 0 radical (unpaired) electrons. The second kappa shape index (κ2) is 6.23. The van der Waals surface area contributed by atoms with Gasteiger partial charge in [0.15, 0.2) is 0 Å². The minimum absolute atomic E-state index is 0.00637. The van der Waals surface area contributed by atoms with Crippen LogP contribution in [0.2, 0.25) is 0 Å². The van der Waals surface area contributed by atoms with Gasteiger partial charge in [0, 0.05) is 10.5 Å². The van der Waals surface area contributed by atoms with Crippen LogP contribution in [0.4, 0.5) is 5.69 Å². The van der Waals surface area contributed by atoms with Gasteiger partial charge < -0.3 is 9.84 Å². The molecule has 0 bridgehead atoms. The summed E-state index contributed by atoms with van der Waals surface area (Å²) in [6, 6.07) is 8.89. The Balaban J connectivity index is 2.56. The number of carboxylic acid groups (broad SMARTS) is 1. The number of carbonyl (C=O) groups is 1. The quantitative estimate of drug-likeness (QED) is 0.580. The Morgan fingerprint density at radius 2 is 1.76 bits per heavy atom. The summed E-state index contributed by atoms with van der Waals surface area (Å²) in [6.07, 6.45) is 0. The summed E-state index contributed by atoms with van der Waals surface area (Å²) in [4.78, 5) is 21.7. The molecule has 21 heavy (non-hydrogen) atoms. The van der Waals surface area contributed by atoms with Crippen molar-refractivity contribution in [2.75, 3.05) is 0 Å². The number of benzene rings is 2. The van der Waals surface area contributed by atoms with Crippen molar-refractivity contribution in [3.63, 3.8) is 0 Å². The number of nitro groups is 1. The van der Waals surface area contributed by atoms with Crippen molar-refractivity contribution in [1.82, 2.24) is 0 Å². The smallest absolute Gasteiger partial charge is 0.340 e. The van der Waals surface area contributed by atoms with Crippen LogP contribution in [0.1, 0.15) is 10.4 Å². The summed E-state index contributed by atoms with van der Waals surface area (Å²) in [5.74, 6) is -1.25. The minimum Gasteiger partial charge on any atom is -0.478 e. The van der Waals surface area contributed by atoms with Crippen LogP contribution < -0.4 is 4.74 Å². The van der Waals surface area contributed by atoms with Gasteiger partial charge in [-0.3, -0.25) is 10.1 Å². The highest BCUT2D eigenvalue weighted by Crippen LogP contribution is 2.40. The number of ether oxygens (including phenoxy) is 1. The first-order chi connectivity index (χ1) is 9.91. The lowest BCUT2D eigenvalue weighted by atomic mass is 10.2. The van der Waals surface area contributed by atoms with Crippen LogP contribution in [0.15, 0.2) is 45.3 Å². The molecule has 2 aromatic rings. The number of aromatic carboxylic acids is 1. The number of hydrogen-bond acceptors (Lipinski definition) is 4. The van der Waals surface area contributed by atoms with Gasteiger partial charge in [0.1, 0.15) is 11.3 Å². The zero-order chi connectivity index (χ0) is 15.6. The van der Waals surface area contributed by atoms with E-state index in [1.165, 1.54) is 18.2 Å². The van der Waals surface area contributed by atoms with Crippen molar-refractivity contribution in [3.05, 3.63) is 61.0 Å². The van der Waals surface area contributed by atoms with Gasteiger partial charge in [0.25, 0.3) is 0 Å². The molecule has 0 spiro atoms. The Morgan fingerprint density at radius 3 is 2.38 bits per heavy atom. The van der Waals surface area contributed by atoms with E-state index in [1.54, 1.807) is 18.2 Å². The van der Waals surface area contributed by atoms with E-state index in [1.807, 2.05) is 0 Å². The summed E-state index contributed by atoms with van der Waals surface area (Å²) in [7, 11) is 0. The molecular formula is C13H7Br2NO5. The molecule has 0 atom stereocenters. The molecule has 108 valence electrons. The fourth-order valence-corrected chi connectivity index (χ4v) is 2.60. The van der Waals surface area contributed by atoms with Crippen LogP contribution in [0, 0.1) is 10.1 Å². The molecule has 2 rings (SSSR count). The second-order valence-corrected chi connectivity index (χ2v) is 5.57. The summed E-state index contributed by atoms with van der Waals surface area (Å²) in [5.41, 5.74) is -0.372. The molecule has 0 saturated carbocycles. The summed E-state index contributed by atoms with van der Waals surface area (Å²) < 4.78 is 6.15. The third-order valence-electron chi connectivity index (χ3n) is 2.54. The van der Waals surface area contributed by atoms with Crippen LogP contribution in [0.3, 0.4) is 0 Å². The van der Waals surface area contributed by atoms with E-state index >= 15 is 0 Å². The van der Waals surface area contributed by atoms with Gasteiger partial charge in [-0.2, -0.15) is 0 Å². The molecule has 6 nitrogen and oxygen atoms in total. The fraction of sp³-hybridized carbons (Fsp3) is 0. The first-order valence-electron chi connectivity index (χ1n) is 5.54. The molecule has 0 aromatic heterocycles. The third-order valence-corrected chi connectivity index (χ3v) is 3.83. The van der Waals surface area contributed by atoms with E-state index in [4.69, 9.17) is 4.74 Å². The van der Waals surface area contributed by atoms with Crippen molar-refractivity contribution >= 4 is 43.5 Å². The van der Waals surface area contributed by atoms with Gasteiger partial charge in [-0.1, -0.05) is 12.1 Å². The van der Waals surface area contributed by atoms with Gasteiger partial charge in [0.05, 0.1) is 9.40 Å². The highest BCUT2D eigenvalue weighted by Gasteiger charge is 2.22. The molecule has 0 aliphatic rings. The minimum atomic E-state index is -1.20. The Kier molecular flexibility index (Phi) is 4.59. The topological polar surface area (TPSA) is 89.7 Å². The summed E-state index contributed by atoms with van der Waals surface area (Å²) in [5, 5.41) is 20.2. The summed E-state index contributed by atoms with van der Waals surface area (Å²) >= 11 is 6.29. The van der Waals surface area contributed by atoms with Crippen molar-refractivity contribution < 1.29 is 19.6 Å². The lowest BCUT2D eigenvalue weighted by Crippen LogP contribution is -2.02. The van der Waals surface area contributed by atoms with Crippen molar-refractivity contribution in [2.24, 2.45) is 0 Å². The Bertz CT molecular complexity index is 732. The molecule has 0 amide bonds. The fourth-order valence-electron chi connectivity index (χ4n) is 1.65. The number of rotatable bonds is 4. The average Bonchev–Trinajstić information content (AvgIpc) is 2.40. The third kappa shape index (κ3) is 3.22. The molecule has 8 heteroatoms. The molecule has 0 aliphatic heterocycles. The van der Waals surface area contributed by atoms with Gasteiger partial charge >= 0.3 is 11.7 Å². The Labute approximate surface area is 135 Å². The van der Waals surface area contributed by atoms with Gasteiger partial charge in [-0.05, 0) is 50.1 Å². The first kappa shape index (κ1) is 15.5. The zero-order valence-corrected chi connectivity index (χ0v) is 13.4.